The van der Waals surface area contributed by atoms with Crippen LogP contribution in [-0.4, -0.2) is 58.2 Å². The number of ether oxygens (including phenoxy) is 1. The van der Waals surface area contributed by atoms with Gasteiger partial charge in [0.2, 0.25) is 0 Å². The maximum absolute atomic E-state index is 12.1. The third kappa shape index (κ3) is 4.27. The van der Waals surface area contributed by atoms with Crippen LogP contribution in [0.5, 0.6) is 0 Å². The second-order valence-corrected chi connectivity index (χ2v) is 6.93. The molecule has 1 unspecified atom stereocenters. The maximum atomic E-state index is 12.1. The van der Waals surface area contributed by atoms with Crippen molar-refractivity contribution in [2.75, 3.05) is 39.9 Å². The van der Waals surface area contributed by atoms with Crippen molar-refractivity contribution in [3.05, 3.63) is 0 Å². The van der Waals surface area contributed by atoms with Gasteiger partial charge in [0.1, 0.15) is 0 Å². The zero-order valence-corrected chi connectivity index (χ0v) is 13.0. The van der Waals surface area contributed by atoms with E-state index in [1.165, 1.54) is 4.31 Å². The predicted octanol–water partition coefficient (Wildman–Crippen LogP) is 0.107. The Morgan fingerprint density at radius 1 is 1.32 bits per heavy atom. The smallest absolute Gasteiger partial charge is 0.279 e. The van der Waals surface area contributed by atoms with Crippen molar-refractivity contribution in [3.63, 3.8) is 0 Å². The Balaban J connectivity index is 0.00000180. The number of hydrogen-bond acceptors (Lipinski definition) is 4. The third-order valence-electron chi connectivity index (χ3n) is 3.75. The molecule has 0 radical (unpaired) electrons. The van der Waals surface area contributed by atoms with E-state index < -0.39 is 10.2 Å². The number of halogens is 1. The van der Waals surface area contributed by atoms with Crippen LogP contribution in [0.25, 0.3) is 0 Å². The van der Waals surface area contributed by atoms with Crippen molar-refractivity contribution < 1.29 is 13.2 Å². The van der Waals surface area contributed by atoms with E-state index in [-0.39, 0.29) is 17.9 Å². The number of rotatable bonds is 6. The molecular weight excluding hydrogens is 290 g/mol. The molecule has 2 heterocycles. The van der Waals surface area contributed by atoms with Crippen LogP contribution in [0.3, 0.4) is 0 Å². The van der Waals surface area contributed by atoms with Crippen molar-refractivity contribution in [3.8, 4) is 0 Å². The van der Waals surface area contributed by atoms with Crippen LogP contribution in [-0.2, 0) is 14.9 Å². The molecular formula is C11H24ClN3O3S. The maximum Gasteiger partial charge on any atom is 0.279 e. The zero-order chi connectivity index (χ0) is 13.1. The van der Waals surface area contributed by atoms with Crippen molar-refractivity contribution in [2.45, 2.75) is 31.2 Å². The van der Waals surface area contributed by atoms with Gasteiger partial charge in [-0.1, -0.05) is 0 Å². The van der Waals surface area contributed by atoms with Gasteiger partial charge in [-0.25, -0.2) is 4.72 Å². The molecule has 8 heteroatoms. The van der Waals surface area contributed by atoms with Gasteiger partial charge in [-0.05, 0) is 32.2 Å². The summed E-state index contributed by atoms with van der Waals surface area (Å²) < 4.78 is 33.6. The Kier molecular flexibility index (Phi) is 6.49. The fraction of sp³-hybridized carbons (Fsp3) is 1.00. The first-order chi connectivity index (χ1) is 8.58. The average molecular weight is 314 g/mol. The highest BCUT2D eigenvalue weighted by atomic mass is 35.5. The van der Waals surface area contributed by atoms with E-state index in [4.69, 9.17) is 4.74 Å². The van der Waals surface area contributed by atoms with Crippen LogP contribution in [0.1, 0.15) is 25.7 Å². The van der Waals surface area contributed by atoms with E-state index in [9.17, 15) is 8.42 Å². The van der Waals surface area contributed by atoms with Crippen LogP contribution >= 0.6 is 12.4 Å². The number of hydrogen-bond donors (Lipinski definition) is 2. The summed E-state index contributed by atoms with van der Waals surface area (Å²) in [5.74, 6) is 0. The lowest BCUT2D eigenvalue weighted by atomic mass is 9.99. The Morgan fingerprint density at radius 3 is 2.53 bits per heavy atom. The second kappa shape index (κ2) is 7.19. The minimum absolute atomic E-state index is 0. The molecule has 6 nitrogen and oxygen atoms in total. The summed E-state index contributed by atoms with van der Waals surface area (Å²) in [6, 6.07) is 0. The Morgan fingerprint density at radius 2 is 2.00 bits per heavy atom. The normalized spacial score (nSPS) is 28.5. The summed E-state index contributed by atoms with van der Waals surface area (Å²) in [6.45, 7) is 3.14. The molecule has 114 valence electrons. The SMILES string of the molecule is COCC1(CNS(=O)(=O)N2CCCC2)CCCN1.Cl. The van der Waals surface area contributed by atoms with Gasteiger partial charge < -0.3 is 10.1 Å². The van der Waals surface area contributed by atoms with Crippen LogP contribution in [0, 0.1) is 0 Å². The van der Waals surface area contributed by atoms with Gasteiger partial charge in [0.05, 0.1) is 12.1 Å². The molecule has 2 fully saturated rings. The summed E-state index contributed by atoms with van der Waals surface area (Å²) in [5.41, 5.74) is -0.235. The standard InChI is InChI=1S/C11H23N3O3S.ClH/c1-17-10-11(5-4-6-12-11)9-13-18(15,16)14-7-2-3-8-14;/h12-13H,2-10H2,1H3;1H. The van der Waals surface area contributed by atoms with E-state index in [0.717, 1.165) is 32.2 Å². The summed E-state index contributed by atoms with van der Waals surface area (Å²) in [4.78, 5) is 0. The molecule has 0 spiro atoms. The molecule has 2 N–H and O–H groups in total. The quantitative estimate of drug-likeness (QED) is 0.730. The summed E-state index contributed by atoms with van der Waals surface area (Å²) in [5, 5.41) is 3.36. The lowest BCUT2D eigenvalue weighted by Crippen LogP contribution is -2.54. The van der Waals surface area contributed by atoms with Gasteiger partial charge in [0.25, 0.3) is 10.2 Å². The van der Waals surface area contributed by atoms with Crippen molar-refractivity contribution >= 4 is 22.6 Å². The molecule has 0 aromatic heterocycles. The molecule has 2 rings (SSSR count). The van der Waals surface area contributed by atoms with Crippen LogP contribution < -0.4 is 10.0 Å². The highest BCUT2D eigenvalue weighted by Crippen LogP contribution is 2.20. The molecule has 0 aliphatic carbocycles. The fourth-order valence-electron chi connectivity index (χ4n) is 2.72. The topological polar surface area (TPSA) is 70.7 Å². The monoisotopic (exact) mass is 313 g/mol. The molecule has 2 saturated heterocycles. The molecule has 1 atom stereocenters. The van der Waals surface area contributed by atoms with Crippen LogP contribution in [0.2, 0.25) is 0 Å². The number of nitrogens with one attached hydrogen (secondary N) is 2. The number of nitrogens with zero attached hydrogens (tertiary/aromatic N) is 1. The zero-order valence-electron chi connectivity index (χ0n) is 11.4. The first kappa shape index (κ1) is 17.1. The first-order valence-electron chi connectivity index (χ1n) is 6.57. The largest absolute Gasteiger partial charge is 0.383 e. The molecule has 0 bridgehead atoms. The van der Waals surface area contributed by atoms with Gasteiger partial charge in [-0.3, -0.25) is 0 Å². The van der Waals surface area contributed by atoms with Gasteiger partial charge in [-0.15, -0.1) is 12.4 Å². The summed E-state index contributed by atoms with van der Waals surface area (Å²) in [6.07, 6.45) is 3.93. The van der Waals surface area contributed by atoms with E-state index in [0.29, 0.717) is 26.2 Å². The highest BCUT2D eigenvalue weighted by molar-refractivity contribution is 7.87. The fourth-order valence-corrected chi connectivity index (χ4v) is 4.10. The van der Waals surface area contributed by atoms with Gasteiger partial charge in [0.15, 0.2) is 0 Å². The molecule has 0 amide bonds. The number of methoxy groups -OCH3 is 1. The molecule has 2 aliphatic rings. The average Bonchev–Trinajstić information content (AvgIpc) is 2.99. The predicted molar refractivity (Wildman–Crippen MR) is 76.8 cm³/mol. The van der Waals surface area contributed by atoms with Crippen molar-refractivity contribution in [1.82, 2.24) is 14.3 Å². The van der Waals surface area contributed by atoms with E-state index in [2.05, 4.69) is 10.0 Å². The van der Waals surface area contributed by atoms with Gasteiger partial charge >= 0.3 is 0 Å². The third-order valence-corrected chi connectivity index (χ3v) is 5.30. The molecule has 2 aliphatic heterocycles. The van der Waals surface area contributed by atoms with E-state index in [1.807, 2.05) is 0 Å². The molecule has 19 heavy (non-hydrogen) atoms. The Bertz CT molecular complexity index is 365. The second-order valence-electron chi connectivity index (χ2n) is 5.18. The minimum Gasteiger partial charge on any atom is -0.383 e. The highest BCUT2D eigenvalue weighted by Gasteiger charge is 2.36. The van der Waals surface area contributed by atoms with Crippen molar-refractivity contribution in [2.24, 2.45) is 0 Å². The van der Waals surface area contributed by atoms with E-state index in [1.54, 1.807) is 7.11 Å². The molecule has 0 saturated carbocycles. The van der Waals surface area contributed by atoms with Crippen molar-refractivity contribution in [1.29, 1.82) is 0 Å². The summed E-state index contributed by atoms with van der Waals surface area (Å²) >= 11 is 0. The van der Waals surface area contributed by atoms with Crippen LogP contribution in [0.4, 0.5) is 0 Å². The lowest BCUT2D eigenvalue weighted by molar-refractivity contribution is 0.122. The Hall–Kier alpha value is 0.0800. The first-order valence-corrected chi connectivity index (χ1v) is 8.01. The van der Waals surface area contributed by atoms with Gasteiger partial charge in [0, 0.05) is 26.7 Å². The molecule has 0 aromatic rings. The van der Waals surface area contributed by atoms with Gasteiger partial charge in [-0.2, -0.15) is 12.7 Å². The lowest BCUT2D eigenvalue weighted by Gasteiger charge is -2.29. The Labute approximate surface area is 121 Å². The van der Waals surface area contributed by atoms with Crippen LogP contribution in [0.15, 0.2) is 0 Å². The summed E-state index contributed by atoms with van der Waals surface area (Å²) in [7, 11) is -1.67. The molecule has 0 aromatic carbocycles. The minimum atomic E-state index is -3.32. The van der Waals surface area contributed by atoms with E-state index >= 15 is 0 Å².